The highest BCUT2D eigenvalue weighted by Gasteiger charge is 2.13. The lowest BCUT2D eigenvalue weighted by Crippen LogP contribution is -2.33. The van der Waals surface area contributed by atoms with E-state index in [1.807, 2.05) is 12.1 Å². The summed E-state index contributed by atoms with van der Waals surface area (Å²) in [5, 5.41) is 4.97. The van der Waals surface area contributed by atoms with Gasteiger partial charge in [0.1, 0.15) is 5.75 Å². The van der Waals surface area contributed by atoms with Crippen LogP contribution in [0.2, 0.25) is 10.0 Å². The number of nitrogens with zero attached hydrogens (tertiary/aromatic N) is 1. The van der Waals surface area contributed by atoms with Gasteiger partial charge in [0.05, 0.1) is 6.21 Å². The van der Waals surface area contributed by atoms with Crippen LogP contribution in [-0.4, -0.2) is 18.2 Å². The Morgan fingerprint density at radius 1 is 1.23 bits per heavy atom. The molecule has 0 aliphatic carbocycles. The van der Waals surface area contributed by atoms with Crippen molar-refractivity contribution in [2.45, 2.75) is 13.0 Å². The SMILES string of the molecule is CC(Oc1cccc(Cl)c1)C(=O)NN=Cc1ccccc1Cl. The number of amides is 1. The molecule has 2 rings (SSSR count). The fourth-order valence-corrected chi connectivity index (χ4v) is 2.00. The van der Waals surface area contributed by atoms with Crippen molar-refractivity contribution < 1.29 is 9.53 Å². The lowest BCUT2D eigenvalue weighted by atomic mass is 10.2. The molecule has 0 saturated heterocycles. The topological polar surface area (TPSA) is 50.7 Å². The number of hydrazone groups is 1. The second-order valence-corrected chi connectivity index (χ2v) is 5.32. The monoisotopic (exact) mass is 336 g/mol. The van der Waals surface area contributed by atoms with Gasteiger partial charge >= 0.3 is 0 Å². The van der Waals surface area contributed by atoms with Crippen LogP contribution < -0.4 is 10.2 Å². The fraction of sp³-hybridized carbons (Fsp3) is 0.125. The number of ether oxygens (including phenoxy) is 1. The Bertz CT molecular complexity index is 689. The molecule has 0 radical (unpaired) electrons. The zero-order valence-electron chi connectivity index (χ0n) is 11.8. The Morgan fingerprint density at radius 2 is 2.00 bits per heavy atom. The first-order valence-corrected chi connectivity index (χ1v) is 7.31. The van der Waals surface area contributed by atoms with Gasteiger partial charge in [-0.15, -0.1) is 0 Å². The molecule has 6 heteroatoms. The maximum Gasteiger partial charge on any atom is 0.280 e. The van der Waals surface area contributed by atoms with Gasteiger partial charge in [0, 0.05) is 15.6 Å². The lowest BCUT2D eigenvalue weighted by Gasteiger charge is -2.12. The van der Waals surface area contributed by atoms with Crippen LogP contribution in [0.25, 0.3) is 0 Å². The van der Waals surface area contributed by atoms with E-state index in [4.69, 9.17) is 27.9 Å². The van der Waals surface area contributed by atoms with Gasteiger partial charge in [-0.1, -0.05) is 47.5 Å². The molecule has 22 heavy (non-hydrogen) atoms. The predicted octanol–water partition coefficient (Wildman–Crippen LogP) is 3.91. The second-order valence-electron chi connectivity index (χ2n) is 4.47. The number of rotatable bonds is 5. The van der Waals surface area contributed by atoms with Crippen molar-refractivity contribution in [1.29, 1.82) is 0 Å². The highest BCUT2D eigenvalue weighted by molar-refractivity contribution is 6.33. The molecule has 0 saturated carbocycles. The quantitative estimate of drug-likeness (QED) is 0.664. The average molecular weight is 337 g/mol. The molecule has 1 atom stereocenters. The Hall–Kier alpha value is -2.04. The minimum Gasteiger partial charge on any atom is -0.481 e. The molecule has 4 nitrogen and oxygen atoms in total. The van der Waals surface area contributed by atoms with Gasteiger partial charge in [0.2, 0.25) is 0 Å². The summed E-state index contributed by atoms with van der Waals surface area (Å²) in [4.78, 5) is 11.9. The van der Waals surface area contributed by atoms with Gasteiger partial charge in [0.25, 0.3) is 5.91 Å². The molecule has 0 fully saturated rings. The molecule has 1 unspecified atom stereocenters. The molecule has 0 aliphatic heterocycles. The predicted molar refractivity (Wildman–Crippen MR) is 88.7 cm³/mol. The van der Waals surface area contributed by atoms with Crippen LogP contribution in [0, 0.1) is 0 Å². The number of hydrogen-bond acceptors (Lipinski definition) is 3. The van der Waals surface area contributed by atoms with Gasteiger partial charge in [-0.05, 0) is 31.2 Å². The van der Waals surface area contributed by atoms with Crippen LogP contribution in [0.3, 0.4) is 0 Å². The highest BCUT2D eigenvalue weighted by Crippen LogP contribution is 2.18. The van der Waals surface area contributed by atoms with Crippen LogP contribution in [0.4, 0.5) is 0 Å². The number of carbonyl (C=O) groups excluding carboxylic acids is 1. The third-order valence-corrected chi connectivity index (χ3v) is 3.34. The van der Waals surface area contributed by atoms with Crippen molar-refractivity contribution in [3.05, 3.63) is 64.1 Å². The van der Waals surface area contributed by atoms with Gasteiger partial charge in [-0.2, -0.15) is 5.10 Å². The van der Waals surface area contributed by atoms with E-state index in [0.29, 0.717) is 21.4 Å². The van der Waals surface area contributed by atoms with Crippen LogP contribution in [0.15, 0.2) is 53.6 Å². The molecule has 2 aromatic rings. The standard InChI is InChI=1S/C16H14Cl2N2O2/c1-11(22-14-7-4-6-13(17)9-14)16(21)20-19-10-12-5-2-3-8-15(12)18/h2-11H,1H3,(H,20,21). The van der Waals surface area contributed by atoms with E-state index in [1.165, 1.54) is 6.21 Å². The summed E-state index contributed by atoms with van der Waals surface area (Å²) in [5.74, 6) is 0.147. The van der Waals surface area contributed by atoms with Crippen LogP contribution in [0.1, 0.15) is 12.5 Å². The molecule has 0 bridgehead atoms. The molecule has 0 aliphatic rings. The number of hydrogen-bond donors (Lipinski definition) is 1. The average Bonchev–Trinajstić information content (AvgIpc) is 2.49. The fourth-order valence-electron chi connectivity index (χ4n) is 1.63. The first-order valence-electron chi connectivity index (χ1n) is 6.56. The highest BCUT2D eigenvalue weighted by atomic mass is 35.5. The number of halogens is 2. The molecule has 0 spiro atoms. The van der Waals surface area contributed by atoms with Gasteiger partial charge in [0.15, 0.2) is 6.10 Å². The van der Waals surface area contributed by atoms with E-state index in [2.05, 4.69) is 10.5 Å². The molecule has 1 N–H and O–H groups in total. The zero-order valence-corrected chi connectivity index (χ0v) is 13.3. The van der Waals surface area contributed by atoms with Crippen molar-refractivity contribution in [1.82, 2.24) is 5.43 Å². The first kappa shape index (κ1) is 16.3. The van der Waals surface area contributed by atoms with Crippen molar-refractivity contribution >= 4 is 35.3 Å². The normalized spacial score (nSPS) is 12.1. The third kappa shape index (κ3) is 4.76. The largest absolute Gasteiger partial charge is 0.481 e. The molecule has 0 aromatic heterocycles. The summed E-state index contributed by atoms with van der Waals surface area (Å²) in [6.45, 7) is 1.63. The van der Waals surface area contributed by atoms with Crippen LogP contribution in [-0.2, 0) is 4.79 Å². The third-order valence-electron chi connectivity index (χ3n) is 2.76. The molecular weight excluding hydrogens is 323 g/mol. The Morgan fingerprint density at radius 3 is 2.73 bits per heavy atom. The molecular formula is C16H14Cl2N2O2. The van der Waals surface area contributed by atoms with Crippen LogP contribution in [0.5, 0.6) is 5.75 Å². The van der Waals surface area contributed by atoms with Crippen molar-refractivity contribution in [3.63, 3.8) is 0 Å². The van der Waals surface area contributed by atoms with E-state index >= 15 is 0 Å². The second kappa shape index (κ2) is 7.82. The summed E-state index contributed by atoms with van der Waals surface area (Å²) in [6.07, 6.45) is 0.772. The molecule has 1 amide bonds. The summed E-state index contributed by atoms with van der Waals surface area (Å²) >= 11 is 11.8. The lowest BCUT2D eigenvalue weighted by molar-refractivity contribution is -0.127. The van der Waals surface area contributed by atoms with Crippen molar-refractivity contribution in [3.8, 4) is 5.75 Å². The van der Waals surface area contributed by atoms with Gasteiger partial charge in [-0.3, -0.25) is 4.79 Å². The van der Waals surface area contributed by atoms with Crippen molar-refractivity contribution in [2.24, 2.45) is 5.10 Å². The number of nitrogens with one attached hydrogen (secondary N) is 1. The van der Waals surface area contributed by atoms with Gasteiger partial charge in [-0.25, -0.2) is 5.43 Å². The molecule has 114 valence electrons. The number of carbonyl (C=O) groups is 1. The van der Waals surface area contributed by atoms with E-state index in [1.54, 1.807) is 43.3 Å². The maximum atomic E-state index is 11.9. The van der Waals surface area contributed by atoms with E-state index < -0.39 is 6.10 Å². The summed E-state index contributed by atoms with van der Waals surface area (Å²) in [6, 6.07) is 14.0. The maximum absolute atomic E-state index is 11.9. The minimum absolute atomic E-state index is 0.372. The Labute approximate surface area is 138 Å². The van der Waals surface area contributed by atoms with Gasteiger partial charge < -0.3 is 4.74 Å². The summed E-state index contributed by atoms with van der Waals surface area (Å²) < 4.78 is 5.49. The number of benzene rings is 2. The smallest absolute Gasteiger partial charge is 0.280 e. The summed E-state index contributed by atoms with van der Waals surface area (Å²) in [7, 11) is 0. The minimum atomic E-state index is -0.707. The summed E-state index contributed by atoms with van der Waals surface area (Å²) in [5.41, 5.74) is 3.12. The zero-order chi connectivity index (χ0) is 15.9. The van der Waals surface area contributed by atoms with E-state index in [9.17, 15) is 4.79 Å². The molecule has 0 heterocycles. The first-order chi connectivity index (χ1) is 10.6. The molecule has 2 aromatic carbocycles. The van der Waals surface area contributed by atoms with Crippen LogP contribution >= 0.6 is 23.2 Å². The Kier molecular flexibility index (Phi) is 5.81. The van der Waals surface area contributed by atoms with E-state index in [0.717, 1.165) is 0 Å². The van der Waals surface area contributed by atoms with E-state index in [-0.39, 0.29) is 5.91 Å². The van der Waals surface area contributed by atoms with Crippen molar-refractivity contribution in [2.75, 3.05) is 0 Å². The Balaban J connectivity index is 1.90.